The van der Waals surface area contributed by atoms with Crippen molar-refractivity contribution in [3.63, 3.8) is 0 Å². The molecule has 158 valence electrons. The second-order valence-electron chi connectivity index (χ2n) is 7.08. The Bertz CT molecular complexity index is 1170. The first-order valence-electron chi connectivity index (χ1n) is 9.55. The molecule has 0 bridgehead atoms. The summed E-state index contributed by atoms with van der Waals surface area (Å²) in [4.78, 5) is 17.2. The molecule has 0 fully saturated rings. The van der Waals surface area contributed by atoms with Gasteiger partial charge in [0.15, 0.2) is 0 Å². The first-order valence-corrected chi connectivity index (χ1v) is 11.9. The van der Waals surface area contributed by atoms with Gasteiger partial charge in [-0.2, -0.15) is 0 Å². The molecular formula is C22H25N3O3S2. The lowest BCUT2D eigenvalue weighted by molar-refractivity contribution is 0.0954. The molecule has 0 spiro atoms. The molecule has 1 aromatic heterocycles. The fourth-order valence-corrected chi connectivity index (χ4v) is 4.80. The Balaban J connectivity index is 1.65. The van der Waals surface area contributed by atoms with Gasteiger partial charge in [-0.15, -0.1) is 11.3 Å². The molecule has 30 heavy (non-hydrogen) atoms. The second kappa shape index (κ2) is 9.07. The number of carbonyl (C=O) groups excluding carboxylic acids is 1. The van der Waals surface area contributed by atoms with Crippen LogP contribution in [-0.4, -0.2) is 32.9 Å². The normalized spacial score (nSPS) is 11.5. The molecule has 0 saturated heterocycles. The van der Waals surface area contributed by atoms with Crippen molar-refractivity contribution in [1.29, 1.82) is 0 Å². The maximum Gasteiger partial charge on any atom is 0.251 e. The van der Waals surface area contributed by atoms with E-state index in [9.17, 15) is 13.2 Å². The average molecular weight is 444 g/mol. The Hall–Kier alpha value is -2.55. The summed E-state index contributed by atoms with van der Waals surface area (Å²) in [6, 6.07) is 11.3. The summed E-state index contributed by atoms with van der Waals surface area (Å²) in [5, 5.41) is 5.95. The van der Waals surface area contributed by atoms with E-state index in [1.807, 2.05) is 36.6 Å². The fraction of sp³-hybridized carbons (Fsp3) is 0.273. The molecule has 3 rings (SSSR count). The monoisotopic (exact) mass is 443 g/mol. The van der Waals surface area contributed by atoms with Gasteiger partial charge in [-0.3, -0.25) is 4.79 Å². The third kappa shape index (κ3) is 4.95. The van der Waals surface area contributed by atoms with Gasteiger partial charge in [0.05, 0.1) is 15.6 Å². The Morgan fingerprint density at radius 1 is 1.10 bits per heavy atom. The van der Waals surface area contributed by atoms with E-state index in [0.717, 1.165) is 27.4 Å². The highest BCUT2D eigenvalue weighted by Gasteiger charge is 2.19. The Morgan fingerprint density at radius 2 is 1.80 bits per heavy atom. The molecule has 2 aromatic carbocycles. The largest absolute Gasteiger partial charge is 0.352 e. The molecule has 0 unspecified atom stereocenters. The van der Waals surface area contributed by atoms with Crippen LogP contribution in [0.5, 0.6) is 0 Å². The molecule has 2 N–H and O–H groups in total. The predicted molar refractivity (Wildman–Crippen MR) is 120 cm³/mol. The van der Waals surface area contributed by atoms with E-state index in [4.69, 9.17) is 0 Å². The zero-order chi connectivity index (χ0) is 21.9. The van der Waals surface area contributed by atoms with Crippen molar-refractivity contribution >= 4 is 27.3 Å². The zero-order valence-corrected chi connectivity index (χ0v) is 19.1. The number of benzene rings is 2. The highest BCUT2D eigenvalue weighted by Crippen LogP contribution is 2.22. The molecule has 1 amide bonds. The van der Waals surface area contributed by atoms with Crippen molar-refractivity contribution in [3.05, 3.63) is 69.0 Å². The standard InChI is InChI=1S/C22H25N3O3S2/c1-14-11-19(12-21(15(14)2)30(27,28)23-4)22(26)24-10-9-17-5-7-18(8-6-17)20-13-29-16(3)25-20/h5-8,11-13,23H,9-10H2,1-4H3,(H,24,26). The van der Waals surface area contributed by atoms with Crippen molar-refractivity contribution in [2.24, 2.45) is 0 Å². The van der Waals surface area contributed by atoms with Crippen LogP contribution < -0.4 is 10.0 Å². The summed E-state index contributed by atoms with van der Waals surface area (Å²) < 4.78 is 26.8. The number of sulfonamides is 1. The van der Waals surface area contributed by atoms with Gasteiger partial charge in [-0.05, 0) is 63.1 Å². The van der Waals surface area contributed by atoms with Crippen LogP contribution in [0.1, 0.15) is 32.1 Å². The molecule has 0 radical (unpaired) electrons. The van der Waals surface area contributed by atoms with Gasteiger partial charge < -0.3 is 5.32 Å². The zero-order valence-electron chi connectivity index (χ0n) is 17.4. The number of nitrogens with one attached hydrogen (secondary N) is 2. The van der Waals surface area contributed by atoms with E-state index >= 15 is 0 Å². The van der Waals surface area contributed by atoms with Gasteiger partial charge in [0.1, 0.15) is 0 Å². The van der Waals surface area contributed by atoms with Crippen molar-refractivity contribution < 1.29 is 13.2 Å². The van der Waals surface area contributed by atoms with E-state index in [1.54, 1.807) is 31.3 Å². The third-order valence-corrected chi connectivity index (χ3v) is 7.32. The van der Waals surface area contributed by atoms with Gasteiger partial charge in [0, 0.05) is 23.1 Å². The summed E-state index contributed by atoms with van der Waals surface area (Å²) >= 11 is 1.62. The van der Waals surface area contributed by atoms with Crippen LogP contribution in [0, 0.1) is 20.8 Å². The summed E-state index contributed by atoms with van der Waals surface area (Å²) in [5.74, 6) is -0.291. The van der Waals surface area contributed by atoms with Crippen LogP contribution >= 0.6 is 11.3 Å². The molecule has 0 saturated carbocycles. The molecule has 6 nitrogen and oxygen atoms in total. The summed E-state index contributed by atoms with van der Waals surface area (Å²) in [6.07, 6.45) is 0.675. The lowest BCUT2D eigenvalue weighted by atomic mass is 10.1. The first-order chi connectivity index (χ1) is 14.2. The quantitative estimate of drug-likeness (QED) is 0.584. The number of carbonyl (C=O) groups is 1. The number of aromatic nitrogens is 1. The van der Waals surface area contributed by atoms with Gasteiger partial charge in [-0.1, -0.05) is 24.3 Å². The summed E-state index contributed by atoms with van der Waals surface area (Å²) in [7, 11) is -2.27. The minimum Gasteiger partial charge on any atom is -0.352 e. The maximum atomic E-state index is 12.6. The number of rotatable bonds is 7. The van der Waals surface area contributed by atoms with E-state index in [1.165, 1.54) is 13.1 Å². The lowest BCUT2D eigenvalue weighted by Gasteiger charge is -2.12. The van der Waals surface area contributed by atoms with Crippen LogP contribution in [0.4, 0.5) is 0 Å². The van der Waals surface area contributed by atoms with Crippen LogP contribution in [-0.2, 0) is 16.4 Å². The minimum atomic E-state index is -3.63. The highest BCUT2D eigenvalue weighted by molar-refractivity contribution is 7.89. The average Bonchev–Trinajstić information content (AvgIpc) is 3.16. The first kappa shape index (κ1) is 22.1. The van der Waals surface area contributed by atoms with Gasteiger partial charge in [0.25, 0.3) is 5.91 Å². The predicted octanol–water partition coefficient (Wildman–Crippen LogP) is 3.62. The van der Waals surface area contributed by atoms with Crippen molar-refractivity contribution in [3.8, 4) is 11.3 Å². The van der Waals surface area contributed by atoms with Crippen molar-refractivity contribution in [2.75, 3.05) is 13.6 Å². The molecule has 0 aliphatic carbocycles. The molecular weight excluding hydrogens is 418 g/mol. The van der Waals surface area contributed by atoms with Crippen LogP contribution in [0.15, 0.2) is 46.7 Å². The van der Waals surface area contributed by atoms with Gasteiger partial charge in [0.2, 0.25) is 10.0 Å². The highest BCUT2D eigenvalue weighted by atomic mass is 32.2. The Labute approximate surface area is 181 Å². The fourth-order valence-electron chi connectivity index (χ4n) is 3.11. The van der Waals surface area contributed by atoms with Gasteiger partial charge in [-0.25, -0.2) is 18.1 Å². The topological polar surface area (TPSA) is 88.2 Å². The number of thiazole rings is 1. The number of nitrogens with zero attached hydrogens (tertiary/aromatic N) is 1. The van der Waals surface area contributed by atoms with E-state index < -0.39 is 10.0 Å². The van der Waals surface area contributed by atoms with Crippen LogP contribution in [0.25, 0.3) is 11.3 Å². The molecule has 0 aliphatic heterocycles. The van der Waals surface area contributed by atoms with E-state index in [0.29, 0.717) is 24.1 Å². The van der Waals surface area contributed by atoms with Crippen LogP contribution in [0.3, 0.4) is 0 Å². The Kier molecular flexibility index (Phi) is 6.70. The van der Waals surface area contributed by atoms with Crippen molar-refractivity contribution in [1.82, 2.24) is 15.0 Å². The summed E-state index contributed by atoms with van der Waals surface area (Å²) in [5.41, 5.74) is 4.87. The molecule has 8 heteroatoms. The van der Waals surface area contributed by atoms with Crippen LogP contribution in [0.2, 0.25) is 0 Å². The number of aryl methyl sites for hydroxylation is 2. The third-order valence-electron chi connectivity index (χ3n) is 5.01. The Morgan fingerprint density at radius 3 is 2.40 bits per heavy atom. The van der Waals surface area contributed by atoms with Crippen molar-refractivity contribution in [2.45, 2.75) is 32.1 Å². The lowest BCUT2D eigenvalue weighted by Crippen LogP contribution is -2.27. The van der Waals surface area contributed by atoms with E-state index in [-0.39, 0.29) is 10.8 Å². The maximum absolute atomic E-state index is 12.6. The smallest absolute Gasteiger partial charge is 0.251 e. The van der Waals surface area contributed by atoms with E-state index in [2.05, 4.69) is 15.0 Å². The molecule has 1 heterocycles. The SMILES string of the molecule is CNS(=O)(=O)c1cc(C(=O)NCCc2ccc(-c3csc(C)n3)cc2)cc(C)c1C. The second-order valence-corrected chi connectivity index (χ2v) is 10.00. The minimum absolute atomic E-state index is 0.128. The number of hydrogen-bond donors (Lipinski definition) is 2. The summed E-state index contributed by atoms with van der Waals surface area (Å²) in [6.45, 7) is 5.97. The van der Waals surface area contributed by atoms with Gasteiger partial charge >= 0.3 is 0 Å². The molecule has 0 atom stereocenters. The number of amides is 1. The molecule has 0 aliphatic rings. The number of hydrogen-bond acceptors (Lipinski definition) is 5. The molecule has 3 aromatic rings.